The van der Waals surface area contributed by atoms with Gasteiger partial charge in [-0.1, -0.05) is 23.7 Å². The molecule has 1 aromatic rings. The highest BCUT2D eigenvalue weighted by atomic mass is 35.5. The van der Waals surface area contributed by atoms with E-state index in [0.717, 1.165) is 24.5 Å². The van der Waals surface area contributed by atoms with Gasteiger partial charge < -0.3 is 5.73 Å². The first-order valence-electron chi connectivity index (χ1n) is 5.28. The largest absolute Gasteiger partial charge is 0.330 e. The molecule has 0 radical (unpaired) electrons. The Bertz CT molecular complexity index is 301. The highest BCUT2D eigenvalue weighted by Crippen LogP contribution is 2.13. The molecule has 1 rings (SSSR count). The molecule has 0 saturated carbocycles. The molecule has 3 heteroatoms. The van der Waals surface area contributed by atoms with Gasteiger partial charge in [-0.2, -0.15) is 0 Å². The van der Waals surface area contributed by atoms with Crippen molar-refractivity contribution in [3.63, 3.8) is 0 Å². The molecule has 0 aliphatic rings. The zero-order valence-electron chi connectivity index (χ0n) is 9.41. The van der Waals surface area contributed by atoms with Crippen molar-refractivity contribution < 1.29 is 0 Å². The van der Waals surface area contributed by atoms with Crippen LogP contribution in [0.1, 0.15) is 18.9 Å². The maximum absolute atomic E-state index is 5.93. The first-order chi connectivity index (χ1) is 7.13. The Morgan fingerprint density at radius 2 is 2.20 bits per heavy atom. The minimum Gasteiger partial charge on any atom is -0.330 e. The molecule has 15 heavy (non-hydrogen) atoms. The van der Waals surface area contributed by atoms with Gasteiger partial charge in [-0.05, 0) is 44.6 Å². The molecule has 1 aromatic carbocycles. The number of halogens is 1. The van der Waals surface area contributed by atoms with Crippen molar-refractivity contribution in [2.45, 2.75) is 25.9 Å². The molecule has 0 aliphatic heterocycles. The molecule has 84 valence electrons. The van der Waals surface area contributed by atoms with Gasteiger partial charge in [-0.3, -0.25) is 4.90 Å². The summed E-state index contributed by atoms with van der Waals surface area (Å²) in [6, 6.07) is 8.49. The second kappa shape index (κ2) is 6.11. The zero-order valence-corrected chi connectivity index (χ0v) is 10.2. The fraction of sp³-hybridized carbons (Fsp3) is 0.500. The predicted molar refractivity (Wildman–Crippen MR) is 66.1 cm³/mol. The predicted octanol–water partition coefficient (Wildman–Crippen LogP) is 2.51. The van der Waals surface area contributed by atoms with E-state index in [2.05, 4.69) is 24.9 Å². The van der Waals surface area contributed by atoms with E-state index in [1.165, 1.54) is 5.56 Å². The minimum absolute atomic E-state index is 0.508. The van der Waals surface area contributed by atoms with Gasteiger partial charge in [-0.25, -0.2) is 0 Å². The van der Waals surface area contributed by atoms with Gasteiger partial charge in [0.2, 0.25) is 0 Å². The van der Waals surface area contributed by atoms with Crippen LogP contribution in [-0.4, -0.2) is 24.5 Å². The first-order valence-corrected chi connectivity index (χ1v) is 5.66. The fourth-order valence-corrected chi connectivity index (χ4v) is 1.75. The summed E-state index contributed by atoms with van der Waals surface area (Å²) in [6.45, 7) is 3.85. The van der Waals surface area contributed by atoms with Crippen molar-refractivity contribution in [1.82, 2.24) is 4.90 Å². The van der Waals surface area contributed by atoms with Gasteiger partial charge in [0, 0.05) is 17.6 Å². The van der Waals surface area contributed by atoms with Crippen LogP contribution in [0.3, 0.4) is 0 Å². The molecule has 0 spiro atoms. The topological polar surface area (TPSA) is 29.3 Å². The molecular formula is C12H19ClN2. The van der Waals surface area contributed by atoms with Crippen LogP contribution in [-0.2, 0) is 6.54 Å². The third-order valence-corrected chi connectivity index (χ3v) is 2.89. The number of nitrogens with zero attached hydrogens (tertiary/aromatic N) is 1. The molecular weight excluding hydrogens is 208 g/mol. The molecule has 1 unspecified atom stereocenters. The highest BCUT2D eigenvalue weighted by molar-refractivity contribution is 6.30. The Morgan fingerprint density at radius 1 is 1.47 bits per heavy atom. The molecule has 0 aromatic heterocycles. The van der Waals surface area contributed by atoms with E-state index in [9.17, 15) is 0 Å². The van der Waals surface area contributed by atoms with E-state index < -0.39 is 0 Å². The summed E-state index contributed by atoms with van der Waals surface area (Å²) in [4.78, 5) is 2.29. The molecule has 2 nitrogen and oxygen atoms in total. The van der Waals surface area contributed by atoms with Gasteiger partial charge in [-0.15, -0.1) is 0 Å². The maximum Gasteiger partial charge on any atom is 0.0409 e. The summed E-state index contributed by atoms with van der Waals surface area (Å²) >= 11 is 5.93. The molecule has 0 aliphatic carbocycles. The Morgan fingerprint density at radius 3 is 2.80 bits per heavy atom. The standard InChI is InChI=1S/C12H19ClN2/c1-10(6-7-14)15(2)9-11-4-3-5-12(13)8-11/h3-5,8,10H,6-7,9,14H2,1-2H3. The lowest BCUT2D eigenvalue weighted by atomic mass is 10.1. The number of rotatable bonds is 5. The third kappa shape index (κ3) is 4.20. The lowest BCUT2D eigenvalue weighted by Gasteiger charge is -2.24. The summed E-state index contributed by atoms with van der Waals surface area (Å²) < 4.78 is 0. The number of benzene rings is 1. The van der Waals surface area contributed by atoms with E-state index in [0.29, 0.717) is 6.04 Å². The quantitative estimate of drug-likeness (QED) is 0.836. The van der Waals surface area contributed by atoms with Gasteiger partial charge >= 0.3 is 0 Å². The SMILES string of the molecule is CC(CCN)N(C)Cc1cccc(Cl)c1. The first kappa shape index (κ1) is 12.5. The normalized spacial score (nSPS) is 13.1. The Kier molecular flexibility index (Phi) is 5.09. The van der Waals surface area contributed by atoms with Crippen molar-refractivity contribution >= 4 is 11.6 Å². The van der Waals surface area contributed by atoms with E-state index in [1.54, 1.807) is 0 Å². The minimum atomic E-state index is 0.508. The lowest BCUT2D eigenvalue weighted by molar-refractivity contribution is 0.240. The average molecular weight is 227 g/mol. The summed E-state index contributed by atoms with van der Waals surface area (Å²) in [5.41, 5.74) is 6.78. The molecule has 0 heterocycles. The molecule has 0 saturated heterocycles. The fourth-order valence-electron chi connectivity index (χ4n) is 1.54. The van der Waals surface area contributed by atoms with Gasteiger partial charge in [0.25, 0.3) is 0 Å². The van der Waals surface area contributed by atoms with Crippen LogP contribution < -0.4 is 5.73 Å². The summed E-state index contributed by atoms with van der Waals surface area (Å²) in [6.07, 6.45) is 1.02. The van der Waals surface area contributed by atoms with Crippen molar-refractivity contribution in [2.75, 3.05) is 13.6 Å². The average Bonchev–Trinajstić information content (AvgIpc) is 2.18. The lowest BCUT2D eigenvalue weighted by Crippen LogP contribution is -2.30. The van der Waals surface area contributed by atoms with Crippen LogP contribution in [0.15, 0.2) is 24.3 Å². The van der Waals surface area contributed by atoms with E-state index in [4.69, 9.17) is 17.3 Å². The van der Waals surface area contributed by atoms with Crippen LogP contribution >= 0.6 is 11.6 Å². The van der Waals surface area contributed by atoms with Crippen molar-refractivity contribution in [3.05, 3.63) is 34.9 Å². The second-order valence-corrected chi connectivity index (χ2v) is 4.41. The smallest absolute Gasteiger partial charge is 0.0409 e. The van der Waals surface area contributed by atoms with E-state index in [1.807, 2.05) is 18.2 Å². The van der Waals surface area contributed by atoms with Crippen molar-refractivity contribution in [2.24, 2.45) is 5.73 Å². The highest BCUT2D eigenvalue weighted by Gasteiger charge is 2.08. The summed E-state index contributed by atoms with van der Waals surface area (Å²) in [7, 11) is 2.11. The zero-order chi connectivity index (χ0) is 11.3. The number of hydrogen-bond acceptors (Lipinski definition) is 2. The molecule has 0 fully saturated rings. The van der Waals surface area contributed by atoms with Gasteiger partial charge in [0.15, 0.2) is 0 Å². The van der Waals surface area contributed by atoms with E-state index >= 15 is 0 Å². The number of nitrogens with two attached hydrogens (primary N) is 1. The van der Waals surface area contributed by atoms with Crippen molar-refractivity contribution in [3.8, 4) is 0 Å². The second-order valence-electron chi connectivity index (χ2n) is 3.97. The molecule has 2 N–H and O–H groups in total. The van der Waals surface area contributed by atoms with Crippen LogP contribution in [0.25, 0.3) is 0 Å². The van der Waals surface area contributed by atoms with Crippen LogP contribution in [0, 0.1) is 0 Å². The Hall–Kier alpha value is -0.570. The van der Waals surface area contributed by atoms with Gasteiger partial charge in [0.05, 0.1) is 0 Å². The Balaban J connectivity index is 2.54. The summed E-state index contributed by atoms with van der Waals surface area (Å²) in [5.74, 6) is 0. The monoisotopic (exact) mass is 226 g/mol. The van der Waals surface area contributed by atoms with Crippen molar-refractivity contribution in [1.29, 1.82) is 0 Å². The van der Waals surface area contributed by atoms with Gasteiger partial charge in [0.1, 0.15) is 0 Å². The van der Waals surface area contributed by atoms with Crippen LogP contribution in [0.4, 0.5) is 0 Å². The van der Waals surface area contributed by atoms with Crippen LogP contribution in [0.5, 0.6) is 0 Å². The number of hydrogen-bond donors (Lipinski definition) is 1. The Labute approximate surface area is 97.0 Å². The molecule has 1 atom stereocenters. The molecule has 0 bridgehead atoms. The molecule has 0 amide bonds. The maximum atomic E-state index is 5.93. The van der Waals surface area contributed by atoms with Crippen LogP contribution in [0.2, 0.25) is 5.02 Å². The third-order valence-electron chi connectivity index (χ3n) is 2.66. The summed E-state index contributed by atoms with van der Waals surface area (Å²) in [5, 5.41) is 0.798. The van der Waals surface area contributed by atoms with E-state index in [-0.39, 0.29) is 0 Å².